The Labute approximate surface area is 850 Å². The molecular formula is C112H158N6O6. The van der Waals surface area contributed by atoms with Crippen LogP contribution in [0.15, 0.2) is 109 Å². The normalized spacial score (nSPS) is 61.5. The van der Waals surface area contributed by atoms with E-state index < -0.39 is 333 Å². The van der Waals surface area contributed by atoms with Gasteiger partial charge in [-0.2, -0.15) is 0 Å². The van der Waals surface area contributed by atoms with Crippen molar-refractivity contribution in [3.63, 3.8) is 0 Å². The molecule has 6 heterocycles. The molecule has 124 heavy (non-hydrogen) atoms. The predicted octanol–water partition coefficient (Wildman–Crippen LogP) is 21.3. The summed E-state index contributed by atoms with van der Waals surface area (Å²) in [5.41, 5.74) is -13.8. The molecule has 12 heteroatoms. The number of fused-ring (bicyclic) bond motifs is 6. The van der Waals surface area contributed by atoms with Crippen molar-refractivity contribution in [1.29, 1.82) is 0 Å². The third-order valence-electron chi connectivity index (χ3n) is 28.0. The maximum Gasteiger partial charge on any atom is 0.119 e. The minimum Gasteiger partial charge on any atom is -0.497 e. The molecule has 6 aromatic rings. The molecule has 12 bridgehead atoms. The van der Waals surface area contributed by atoms with Crippen LogP contribution in [-0.4, -0.2) is 189 Å². The highest BCUT2D eigenvalue weighted by Crippen LogP contribution is 2.64. The van der Waals surface area contributed by atoms with Crippen LogP contribution >= 0.6 is 0 Å². The lowest BCUT2D eigenvalue weighted by Crippen LogP contribution is -2.60. The SMILES string of the molecule is [2H]C([2H])([2H])N1[C@H]2Cc3ccc(OC)cc3[C@]3(C([2H])([2H])C1([2H])[2H])C([2H])([2H])C([2H])([2H])C([2H])(C)C([2H])([2H])[C@]23[2H].[2H]C([2H])([2H])N1[C@H]2Cc3ccc(OC)cc3[C@]3(C([2H])([2H])C1([2H])[2H])C([2H])([2H])C([2H])([2H])C([2H])(C)C([2H])([2H])[C@]23[2H].[2H]C1([2H])N(C)[C@H]2Cc3ccc(OC)cc3[C@]3(C1([2H])[2H])C([2H])([2H])C([2H])([2H])C([2H])(C)C([2H])([2H])[C@]23[2H].[2H]C1([2H])N(C)[C@H]2Cc3ccc(OC)cc3[C@]3(C1([2H])[2H])C([2H])([2H])C([2H])([2H])C([2H])(C)C([2H])([2H])[C@]23[2H].[2H]c1c([2H])c2c(c([2H])c1OC)[C@]13CCCCC1[C@@]([2H])(N(C([2H])([2H])[2H])CC3)C2([2H])[2H].[2H]c1c([2H])c2c(c([2H])c1OC)[C@]13CCCCC1[C@@]([2H])(N(C([2H])([2H])[2H])CC3)C2([2H])[2H]. The fraction of sp³-hybridized carbons (Fsp3) is 0.679. The van der Waals surface area contributed by atoms with Gasteiger partial charge in [-0.1, -0.05) is 89.7 Å². The number of hydrogen-bond donors (Lipinski definition) is 0. The maximum absolute atomic E-state index is 9.63. The molecule has 672 valence electrons. The van der Waals surface area contributed by atoms with Gasteiger partial charge in [-0.05, 0) is 458 Å². The highest BCUT2D eigenvalue weighted by Gasteiger charge is 2.61. The molecule has 24 rings (SSSR count). The van der Waals surface area contributed by atoms with E-state index in [-0.39, 0.29) is 127 Å². The lowest BCUT2D eigenvalue weighted by atomic mass is 9.51. The summed E-state index contributed by atoms with van der Waals surface area (Å²) in [5, 5.41) is 0. The smallest absolute Gasteiger partial charge is 0.119 e. The van der Waals surface area contributed by atoms with Crippen molar-refractivity contribution in [2.45, 2.75) is 301 Å². The fourth-order valence-electron chi connectivity index (χ4n) is 21.7. The number of methoxy groups -OCH3 is 6. The number of hydrogen-bond acceptors (Lipinski definition) is 12. The molecule has 0 N–H and O–H groups in total. The molecular weight excluding hydrogens is 1530 g/mol. The standard InChI is InChI=1S/4C19H27NO.2C18H25NO/c4*1-13-6-7-19-8-9-20(2)18(17(19)10-13)11-14-4-5-15(21-3)12-16(14)19;2*1-19-10-9-18-8-4-3-5-15(18)17(19)11-13-6-7-14(20-2)12-16(13)18/h4*4-5,12-13,17-18H,6-11H2,1-3H3;2*6-7,12,15,17H,3-5,8-11H2,1-2H3/t4*13?,17-,18+,19-;2*15?,17-,18-/m111100/s1/i2*2D3,6D2,7D2,8D2,9D2,10D2,13D,17D;2*6D2,7D2,8D2,9D2,10D2,13D,17D;2*1D3,6D,7D,11D2,12D,17D. The van der Waals surface area contributed by atoms with E-state index >= 15 is 0 Å². The van der Waals surface area contributed by atoms with Crippen LogP contribution in [0.1, 0.15) is 359 Å². The summed E-state index contributed by atoms with van der Waals surface area (Å²) in [6.07, 6.45) is -54.5. The topological polar surface area (TPSA) is 74.8 Å². The van der Waals surface area contributed by atoms with Gasteiger partial charge in [0.2, 0.25) is 0 Å². The number of piperidine rings is 6. The van der Waals surface area contributed by atoms with Crippen molar-refractivity contribution in [2.75, 3.05) is 124 Å². The molecule has 18 aliphatic rings. The maximum atomic E-state index is 9.63. The van der Waals surface area contributed by atoms with E-state index in [9.17, 15) is 8.22 Å². The van der Waals surface area contributed by atoms with E-state index in [0.717, 1.165) is 85.1 Å². The average Bonchev–Trinajstić information content (AvgIpc) is 0.613. The van der Waals surface area contributed by atoms with Gasteiger partial charge >= 0.3 is 0 Å². The Morgan fingerprint density at radius 2 is 0.637 bits per heavy atom. The Morgan fingerprint density at radius 1 is 0.339 bits per heavy atom. The van der Waals surface area contributed by atoms with Gasteiger partial charge in [0.15, 0.2) is 0 Å². The summed E-state index contributed by atoms with van der Waals surface area (Å²) in [4.78, 5) is 4.04. The Kier molecular flexibility index (Phi) is 10.5. The van der Waals surface area contributed by atoms with Gasteiger partial charge in [-0.25, -0.2) is 0 Å². The van der Waals surface area contributed by atoms with E-state index in [4.69, 9.17) is 119 Å². The van der Waals surface area contributed by atoms with Crippen molar-refractivity contribution in [3.05, 3.63) is 176 Å². The van der Waals surface area contributed by atoms with Crippen LogP contribution in [0, 0.1) is 59.0 Å². The van der Waals surface area contributed by atoms with Crippen molar-refractivity contribution in [1.82, 2.24) is 29.4 Å². The number of benzene rings is 6. The van der Waals surface area contributed by atoms with Crippen LogP contribution in [-0.2, 0) is 70.9 Å². The van der Waals surface area contributed by atoms with Gasteiger partial charge in [-0.15, -0.1) is 0 Å². The van der Waals surface area contributed by atoms with Crippen molar-refractivity contribution in [3.8, 4) is 34.5 Å². The van der Waals surface area contributed by atoms with Crippen molar-refractivity contribution >= 4 is 0 Å². The number of likely N-dealkylation sites (tertiary alicyclic amines) is 6. The van der Waals surface area contributed by atoms with Gasteiger partial charge < -0.3 is 57.8 Å². The molecule has 0 spiro atoms. The molecule has 6 saturated carbocycles. The third-order valence-corrected chi connectivity index (χ3v) is 28.0. The van der Waals surface area contributed by atoms with Gasteiger partial charge in [0.05, 0.1) is 50.9 Å². The summed E-state index contributed by atoms with van der Waals surface area (Å²) in [7, 11) is 10.3. The highest BCUT2D eigenvalue weighted by atomic mass is 16.5. The second kappa shape index (κ2) is 35.0. The van der Waals surface area contributed by atoms with Crippen LogP contribution in [0.2, 0.25) is 0 Å². The van der Waals surface area contributed by atoms with Gasteiger partial charge in [-0.3, -0.25) is 0 Å². The largest absolute Gasteiger partial charge is 0.497 e. The van der Waals surface area contributed by atoms with E-state index in [1.807, 2.05) is 0 Å². The summed E-state index contributed by atoms with van der Waals surface area (Å²) >= 11 is 0. The lowest BCUT2D eigenvalue weighted by molar-refractivity contribution is -0.0112. The zero-order valence-corrected chi connectivity index (χ0v) is 71.8. The number of rotatable bonds is 6. The second-order valence-corrected chi connectivity index (χ2v) is 34.6. The molecule has 0 radical (unpaired) electrons. The third kappa shape index (κ3) is 14.9. The number of ether oxygens (including phenoxy) is 6. The Hall–Kier alpha value is -6.12. The molecule has 0 amide bonds. The molecule has 12 fully saturated rings. The van der Waals surface area contributed by atoms with Crippen LogP contribution in [0.3, 0.4) is 0 Å². The van der Waals surface area contributed by atoms with Crippen LogP contribution in [0.25, 0.3) is 0 Å². The quantitative estimate of drug-likeness (QED) is 0.159. The molecule has 12 aliphatic carbocycles. The zero-order chi connectivity index (χ0) is 150. The molecule has 6 aromatic carbocycles. The van der Waals surface area contributed by atoms with Crippen LogP contribution < -0.4 is 28.4 Å². The van der Waals surface area contributed by atoms with E-state index in [1.54, 1.807) is 24.3 Å². The Bertz CT molecular complexity index is 8000. The molecule has 22 atom stereocenters. The zero-order valence-electron chi connectivity index (χ0n) is 144. The molecule has 6 unspecified atom stereocenters. The molecule has 12 nitrogen and oxygen atoms in total. The van der Waals surface area contributed by atoms with Crippen molar-refractivity contribution in [2.24, 2.45) is 59.0 Å². The van der Waals surface area contributed by atoms with Crippen LogP contribution in [0.4, 0.5) is 0 Å². The van der Waals surface area contributed by atoms with Gasteiger partial charge in [0.1, 0.15) is 34.5 Å². The van der Waals surface area contributed by atoms with Gasteiger partial charge in [0.25, 0.3) is 0 Å². The minimum atomic E-state index is -3.70. The first-order valence-corrected chi connectivity index (χ1v) is 42.5. The molecule has 6 saturated heterocycles. The first-order valence-electron chi connectivity index (χ1n) is 78.5. The second-order valence-electron chi connectivity index (χ2n) is 34.6. The van der Waals surface area contributed by atoms with Crippen LogP contribution in [0.5, 0.6) is 34.5 Å². The molecule has 6 aliphatic heterocycles. The van der Waals surface area contributed by atoms with Gasteiger partial charge in [0, 0.05) is 159 Å². The number of nitrogens with zero attached hydrogens (tertiary/aromatic N) is 6. The number of likely N-dealkylation sites (N-methyl/N-ethyl adjacent to an activating group) is 6. The van der Waals surface area contributed by atoms with E-state index in [2.05, 4.69) is 0 Å². The summed E-state index contributed by atoms with van der Waals surface area (Å²) in [6.45, 7) is -21.5. The monoisotopic (exact) mass is 1760 g/mol. The highest BCUT2D eigenvalue weighted by molar-refractivity contribution is 5.52. The molecule has 0 aromatic heterocycles. The lowest BCUT2D eigenvalue weighted by Gasteiger charge is -2.59. The predicted molar refractivity (Wildman–Crippen MR) is 506 cm³/mol. The minimum absolute atomic E-state index is 0.0210. The first kappa shape index (κ1) is 37.3. The Balaban J connectivity index is 0.000000140. The van der Waals surface area contributed by atoms with E-state index in [0.29, 0.717) is 60.8 Å². The summed E-state index contributed by atoms with van der Waals surface area (Å²) in [5.74, 6) is -24.5. The first-order chi connectivity index (χ1) is 87.8. The summed E-state index contributed by atoms with van der Waals surface area (Å²) in [6, 6.07) is 3.90. The average molecular weight is 1760 g/mol. The summed E-state index contributed by atoms with van der Waals surface area (Å²) < 4.78 is 661. The van der Waals surface area contributed by atoms with E-state index in [1.165, 1.54) is 93.2 Å². The Morgan fingerprint density at radius 3 is 0.935 bits per heavy atom. The fourth-order valence-corrected chi connectivity index (χ4v) is 21.7. The van der Waals surface area contributed by atoms with Crippen molar-refractivity contribution < 1.29 is 127 Å².